The average molecular weight is 449 g/mol. The lowest BCUT2D eigenvalue weighted by atomic mass is 10.1. The number of H-pyrrole nitrogens is 1. The summed E-state index contributed by atoms with van der Waals surface area (Å²) in [5.74, 6) is 0.855. The van der Waals surface area contributed by atoms with Crippen LogP contribution in [0.4, 0.5) is 0 Å². The maximum atomic E-state index is 6.08. The Labute approximate surface area is 160 Å². The van der Waals surface area contributed by atoms with E-state index >= 15 is 0 Å². The average Bonchev–Trinajstić information content (AvgIpc) is 2.80. The van der Waals surface area contributed by atoms with Gasteiger partial charge >= 0.3 is 0 Å². The summed E-state index contributed by atoms with van der Waals surface area (Å²) in [4.78, 5) is 7.93. The number of nitrogens with one attached hydrogen (secondary N) is 3. The van der Waals surface area contributed by atoms with E-state index in [1.54, 1.807) is 0 Å². The molecule has 0 unspecified atom stereocenters. The van der Waals surface area contributed by atoms with E-state index in [4.69, 9.17) is 11.6 Å². The zero-order valence-electron chi connectivity index (χ0n) is 14.2. The van der Waals surface area contributed by atoms with Crippen molar-refractivity contribution < 1.29 is 0 Å². The predicted molar refractivity (Wildman–Crippen MR) is 111 cm³/mol. The molecule has 0 saturated heterocycles. The number of halogens is 2. The fourth-order valence-electron chi connectivity index (χ4n) is 2.31. The van der Waals surface area contributed by atoms with Gasteiger partial charge in [0, 0.05) is 40.8 Å². The SMILES string of the molecule is CCNC(=NCCc1c[nH]c2ccc(Cl)cc12)NC(C)(C)C.I. The van der Waals surface area contributed by atoms with Crippen LogP contribution < -0.4 is 10.6 Å². The smallest absolute Gasteiger partial charge is 0.191 e. The molecule has 0 fully saturated rings. The summed E-state index contributed by atoms with van der Waals surface area (Å²) in [5, 5.41) is 8.61. The summed E-state index contributed by atoms with van der Waals surface area (Å²) in [5.41, 5.74) is 2.35. The van der Waals surface area contributed by atoms with Crippen molar-refractivity contribution in [3.8, 4) is 0 Å². The molecule has 0 bridgehead atoms. The summed E-state index contributed by atoms with van der Waals surface area (Å²) in [6, 6.07) is 5.92. The molecule has 0 spiro atoms. The molecule has 0 aliphatic carbocycles. The molecular formula is C17H26ClIN4. The van der Waals surface area contributed by atoms with Crippen molar-refractivity contribution in [1.82, 2.24) is 15.6 Å². The molecule has 0 atom stereocenters. The molecule has 0 amide bonds. The summed E-state index contributed by atoms with van der Waals surface area (Å²) >= 11 is 6.08. The number of aromatic nitrogens is 1. The molecule has 2 aromatic rings. The van der Waals surface area contributed by atoms with Crippen molar-refractivity contribution in [3.63, 3.8) is 0 Å². The lowest BCUT2D eigenvalue weighted by Crippen LogP contribution is -2.47. The Morgan fingerprint density at radius 1 is 1.30 bits per heavy atom. The largest absolute Gasteiger partial charge is 0.361 e. The van der Waals surface area contributed by atoms with Crippen LogP contribution in [0.25, 0.3) is 10.9 Å². The van der Waals surface area contributed by atoms with Gasteiger partial charge in [-0.25, -0.2) is 0 Å². The Bertz CT molecular complexity index is 658. The number of benzene rings is 1. The third-order valence-corrected chi connectivity index (χ3v) is 3.45. The minimum atomic E-state index is -0.00465. The van der Waals surface area contributed by atoms with Crippen molar-refractivity contribution in [1.29, 1.82) is 0 Å². The molecule has 1 aromatic carbocycles. The molecule has 0 radical (unpaired) electrons. The van der Waals surface area contributed by atoms with Crippen LogP contribution in [0.3, 0.4) is 0 Å². The van der Waals surface area contributed by atoms with E-state index < -0.39 is 0 Å². The summed E-state index contributed by atoms with van der Waals surface area (Å²) in [7, 11) is 0. The molecule has 0 saturated carbocycles. The second kappa shape index (κ2) is 8.78. The van der Waals surface area contributed by atoms with Gasteiger partial charge in [0.25, 0.3) is 0 Å². The minimum absolute atomic E-state index is 0. The standard InChI is InChI=1S/C17H25ClN4.HI/c1-5-19-16(22-17(2,3)4)20-9-8-12-11-21-15-7-6-13(18)10-14(12)15;/h6-7,10-11,21H,5,8-9H2,1-4H3,(H2,19,20,22);1H. The number of nitrogens with zero attached hydrogens (tertiary/aromatic N) is 1. The van der Waals surface area contributed by atoms with Crippen LogP contribution in [-0.4, -0.2) is 29.6 Å². The monoisotopic (exact) mass is 448 g/mol. The van der Waals surface area contributed by atoms with E-state index in [1.807, 2.05) is 24.4 Å². The quantitative estimate of drug-likeness (QED) is 0.370. The van der Waals surface area contributed by atoms with Gasteiger partial charge in [0.15, 0.2) is 5.96 Å². The van der Waals surface area contributed by atoms with E-state index in [2.05, 4.69) is 48.3 Å². The summed E-state index contributed by atoms with van der Waals surface area (Å²) in [6.45, 7) is 10.0. The first-order valence-corrected chi connectivity index (χ1v) is 8.09. The highest BCUT2D eigenvalue weighted by atomic mass is 127. The number of aliphatic imine (C=N–C) groups is 1. The van der Waals surface area contributed by atoms with Crippen molar-refractivity contribution >= 4 is 52.4 Å². The van der Waals surface area contributed by atoms with E-state index in [0.717, 1.165) is 36.0 Å². The Morgan fingerprint density at radius 3 is 2.70 bits per heavy atom. The molecule has 128 valence electrons. The van der Waals surface area contributed by atoms with E-state index in [-0.39, 0.29) is 29.5 Å². The first kappa shape index (κ1) is 20.1. The van der Waals surface area contributed by atoms with E-state index in [1.165, 1.54) is 10.9 Å². The highest BCUT2D eigenvalue weighted by Gasteiger charge is 2.11. The third kappa shape index (κ3) is 6.22. The first-order chi connectivity index (χ1) is 10.4. The zero-order valence-corrected chi connectivity index (χ0v) is 17.3. The Kier molecular flexibility index (Phi) is 7.67. The van der Waals surface area contributed by atoms with Gasteiger partial charge in [0.05, 0.1) is 0 Å². The molecule has 3 N–H and O–H groups in total. The van der Waals surface area contributed by atoms with Crippen molar-refractivity contribution in [2.45, 2.75) is 39.7 Å². The lowest BCUT2D eigenvalue weighted by Gasteiger charge is -2.23. The van der Waals surface area contributed by atoms with Gasteiger partial charge in [-0.15, -0.1) is 24.0 Å². The summed E-state index contributed by atoms with van der Waals surface area (Å²) in [6.07, 6.45) is 2.92. The van der Waals surface area contributed by atoms with Gasteiger partial charge in [0.2, 0.25) is 0 Å². The lowest BCUT2D eigenvalue weighted by molar-refractivity contribution is 0.501. The van der Waals surface area contributed by atoms with Crippen LogP contribution in [0.15, 0.2) is 29.4 Å². The first-order valence-electron chi connectivity index (χ1n) is 7.71. The number of rotatable bonds is 4. The number of aromatic amines is 1. The predicted octanol–water partition coefficient (Wildman–Crippen LogP) is 4.34. The van der Waals surface area contributed by atoms with Crippen molar-refractivity contribution in [2.24, 2.45) is 4.99 Å². The molecule has 0 aliphatic heterocycles. The van der Waals surface area contributed by atoms with E-state index in [9.17, 15) is 0 Å². The van der Waals surface area contributed by atoms with Crippen LogP contribution in [-0.2, 0) is 6.42 Å². The molecule has 2 rings (SSSR count). The van der Waals surface area contributed by atoms with Crippen LogP contribution in [0.5, 0.6) is 0 Å². The van der Waals surface area contributed by atoms with Gasteiger partial charge < -0.3 is 15.6 Å². The van der Waals surface area contributed by atoms with Crippen LogP contribution in [0.2, 0.25) is 5.02 Å². The maximum Gasteiger partial charge on any atom is 0.191 e. The molecule has 23 heavy (non-hydrogen) atoms. The van der Waals surface area contributed by atoms with Crippen molar-refractivity contribution in [2.75, 3.05) is 13.1 Å². The van der Waals surface area contributed by atoms with Crippen LogP contribution >= 0.6 is 35.6 Å². The molecule has 1 heterocycles. The zero-order chi connectivity index (χ0) is 16.2. The fraction of sp³-hybridized carbons (Fsp3) is 0.471. The molecule has 6 heteroatoms. The number of hydrogen-bond acceptors (Lipinski definition) is 1. The molecule has 4 nitrogen and oxygen atoms in total. The Balaban J connectivity index is 0.00000264. The topological polar surface area (TPSA) is 52.2 Å². The Hall–Kier alpha value is -0.950. The third-order valence-electron chi connectivity index (χ3n) is 3.22. The molecule has 0 aliphatic rings. The second-order valence-corrected chi connectivity index (χ2v) is 6.83. The van der Waals surface area contributed by atoms with Gasteiger partial charge in [-0.1, -0.05) is 11.6 Å². The molecule has 1 aromatic heterocycles. The fourth-order valence-corrected chi connectivity index (χ4v) is 2.48. The van der Waals surface area contributed by atoms with Gasteiger partial charge in [-0.05, 0) is 57.9 Å². The van der Waals surface area contributed by atoms with E-state index in [0.29, 0.717) is 0 Å². The highest BCUT2D eigenvalue weighted by Crippen LogP contribution is 2.22. The maximum absolute atomic E-state index is 6.08. The van der Waals surface area contributed by atoms with Crippen LogP contribution in [0, 0.1) is 0 Å². The van der Waals surface area contributed by atoms with Gasteiger partial charge in [-0.3, -0.25) is 4.99 Å². The number of hydrogen-bond donors (Lipinski definition) is 3. The van der Waals surface area contributed by atoms with Crippen molar-refractivity contribution in [3.05, 3.63) is 35.0 Å². The highest BCUT2D eigenvalue weighted by molar-refractivity contribution is 14.0. The van der Waals surface area contributed by atoms with Crippen LogP contribution in [0.1, 0.15) is 33.3 Å². The number of fused-ring (bicyclic) bond motifs is 1. The van der Waals surface area contributed by atoms with Gasteiger partial charge in [0.1, 0.15) is 0 Å². The normalized spacial score (nSPS) is 12.1. The van der Waals surface area contributed by atoms with Gasteiger partial charge in [-0.2, -0.15) is 0 Å². The Morgan fingerprint density at radius 2 is 2.04 bits per heavy atom. The number of guanidine groups is 1. The summed E-state index contributed by atoms with van der Waals surface area (Å²) < 4.78 is 0. The molecular weight excluding hydrogens is 423 g/mol. The minimum Gasteiger partial charge on any atom is -0.361 e. The second-order valence-electron chi connectivity index (χ2n) is 6.39.